The van der Waals surface area contributed by atoms with Crippen molar-refractivity contribution in [3.8, 4) is 5.75 Å². The minimum absolute atomic E-state index is 0.156. The predicted octanol–water partition coefficient (Wildman–Crippen LogP) is 3.83. The summed E-state index contributed by atoms with van der Waals surface area (Å²) in [5.74, 6) is 0.486. The third kappa shape index (κ3) is 6.65. The number of hydrogen-bond acceptors (Lipinski definition) is 3. The van der Waals surface area contributed by atoms with Crippen molar-refractivity contribution in [3.63, 3.8) is 0 Å². The monoisotopic (exact) mass is 262 g/mol. The molecule has 0 unspecified atom stereocenters. The summed E-state index contributed by atoms with van der Waals surface area (Å²) in [4.78, 5) is 11.5. The van der Waals surface area contributed by atoms with Gasteiger partial charge in [0.05, 0.1) is 6.10 Å². The Bertz CT molecular complexity index is 436. The second-order valence-corrected chi connectivity index (χ2v) is 5.60. The summed E-state index contributed by atoms with van der Waals surface area (Å²) in [6, 6.07) is 7.57. The summed E-state index contributed by atoms with van der Waals surface area (Å²) in [5, 5.41) is 0. The summed E-state index contributed by atoms with van der Waals surface area (Å²) < 4.78 is 10.7. The smallest absolute Gasteiger partial charge is 0.331 e. The van der Waals surface area contributed by atoms with Crippen LogP contribution in [0.2, 0.25) is 0 Å². The molecule has 0 bridgehead atoms. The highest BCUT2D eigenvalue weighted by molar-refractivity contribution is 5.87. The van der Waals surface area contributed by atoms with Crippen molar-refractivity contribution >= 4 is 12.0 Å². The van der Waals surface area contributed by atoms with Gasteiger partial charge in [-0.25, -0.2) is 4.79 Å². The van der Waals surface area contributed by atoms with Gasteiger partial charge in [-0.1, -0.05) is 12.1 Å². The SMILES string of the molecule is CC(C)Oc1ccc(/C=C/C(=O)OC(C)(C)C)cc1. The molecule has 0 fully saturated rings. The van der Waals surface area contributed by atoms with Crippen LogP contribution in [-0.4, -0.2) is 17.7 Å². The molecule has 0 spiro atoms. The van der Waals surface area contributed by atoms with Crippen LogP contribution in [-0.2, 0) is 9.53 Å². The van der Waals surface area contributed by atoms with E-state index in [4.69, 9.17) is 9.47 Å². The van der Waals surface area contributed by atoms with Crippen LogP contribution in [0.5, 0.6) is 5.75 Å². The van der Waals surface area contributed by atoms with Gasteiger partial charge in [-0.05, 0) is 58.4 Å². The van der Waals surface area contributed by atoms with Crippen molar-refractivity contribution in [1.82, 2.24) is 0 Å². The highest BCUT2D eigenvalue weighted by Gasteiger charge is 2.13. The Balaban J connectivity index is 2.60. The summed E-state index contributed by atoms with van der Waals surface area (Å²) in [7, 11) is 0. The molecule has 0 atom stereocenters. The minimum atomic E-state index is -0.462. The van der Waals surface area contributed by atoms with Crippen LogP contribution in [0.3, 0.4) is 0 Å². The Morgan fingerprint density at radius 1 is 1.16 bits per heavy atom. The number of esters is 1. The van der Waals surface area contributed by atoms with Gasteiger partial charge < -0.3 is 9.47 Å². The molecule has 0 aliphatic carbocycles. The molecule has 19 heavy (non-hydrogen) atoms. The lowest BCUT2D eigenvalue weighted by atomic mass is 10.2. The number of carbonyl (C=O) groups is 1. The molecule has 3 heteroatoms. The molecule has 0 saturated carbocycles. The van der Waals surface area contributed by atoms with E-state index < -0.39 is 5.60 Å². The molecule has 0 aliphatic heterocycles. The molecule has 0 aromatic heterocycles. The molecular formula is C16H22O3. The lowest BCUT2D eigenvalue weighted by Gasteiger charge is -2.17. The molecule has 0 saturated heterocycles. The molecule has 1 rings (SSSR count). The van der Waals surface area contributed by atoms with E-state index in [1.807, 2.05) is 58.9 Å². The molecule has 0 N–H and O–H groups in total. The highest BCUT2D eigenvalue weighted by Crippen LogP contribution is 2.15. The fraction of sp³-hybridized carbons (Fsp3) is 0.438. The van der Waals surface area contributed by atoms with Gasteiger partial charge in [-0.2, -0.15) is 0 Å². The Hall–Kier alpha value is -1.77. The first-order chi connectivity index (χ1) is 8.76. The fourth-order valence-corrected chi connectivity index (χ4v) is 1.43. The highest BCUT2D eigenvalue weighted by atomic mass is 16.6. The Kier molecular flexibility index (Phi) is 5.16. The number of ether oxygens (including phenoxy) is 2. The van der Waals surface area contributed by atoms with Gasteiger partial charge >= 0.3 is 5.97 Å². The van der Waals surface area contributed by atoms with E-state index in [1.165, 1.54) is 6.08 Å². The van der Waals surface area contributed by atoms with E-state index in [1.54, 1.807) is 6.08 Å². The van der Waals surface area contributed by atoms with E-state index in [2.05, 4.69) is 0 Å². The zero-order valence-electron chi connectivity index (χ0n) is 12.3. The van der Waals surface area contributed by atoms with Crippen LogP contribution < -0.4 is 4.74 Å². The first kappa shape index (κ1) is 15.3. The summed E-state index contributed by atoms with van der Waals surface area (Å²) in [5.41, 5.74) is 0.470. The number of hydrogen-bond donors (Lipinski definition) is 0. The topological polar surface area (TPSA) is 35.5 Å². The molecular weight excluding hydrogens is 240 g/mol. The maximum Gasteiger partial charge on any atom is 0.331 e. The van der Waals surface area contributed by atoms with Crippen LogP contribution in [0.25, 0.3) is 6.08 Å². The van der Waals surface area contributed by atoms with Crippen LogP contribution >= 0.6 is 0 Å². The molecule has 104 valence electrons. The van der Waals surface area contributed by atoms with Crippen LogP contribution in [0.15, 0.2) is 30.3 Å². The van der Waals surface area contributed by atoms with Crippen LogP contribution in [0, 0.1) is 0 Å². The molecule has 3 nitrogen and oxygen atoms in total. The first-order valence-electron chi connectivity index (χ1n) is 6.44. The second kappa shape index (κ2) is 6.41. The van der Waals surface area contributed by atoms with E-state index in [0.29, 0.717) is 0 Å². The molecule has 0 aliphatic rings. The van der Waals surface area contributed by atoms with Crippen molar-refractivity contribution in [2.75, 3.05) is 0 Å². The standard InChI is InChI=1S/C16H22O3/c1-12(2)18-14-9-6-13(7-10-14)8-11-15(17)19-16(3,4)5/h6-12H,1-5H3/b11-8+. The Morgan fingerprint density at radius 3 is 2.21 bits per heavy atom. The van der Waals surface area contributed by atoms with E-state index in [-0.39, 0.29) is 12.1 Å². The average molecular weight is 262 g/mol. The summed E-state index contributed by atoms with van der Waals surface area (Å²) in [6.07, 6.45) is 3.32. The molecule has 1 aromatic carbocycles. The zero-order valence-corrected chi connectivity index (χ0v) is 12.3. The number of benzene rings is 1. The predicted molar refractivity (Wildman–Crippen MR) is 77.1 cm³/mol. The van der Waals surface area contributed by atoms with Gasteiger partial charge in [0.15, 0.2) is 0 Å². The zero-order chi connectivity index (χ0) is 14.5. The quantitative estimate of drug-likeness (QED) is 0.611. The van der Waals surface area contributed by atoms with Crippen molar-refractivity contribution in [2.45, 2.75) is 46.3 Å². The maximum absolute atomic E-state index is 11.5. The van der Waals surface area contributed by atoms with Gasteiger partial charge in [0.2, 0.25) is 0 Å². The Labute approximate surface area is 115 Å². The second-order valence-electron chi connectivity index (χ2n) is 5.60. The molecule has 0 amide bonds. The van der Waals surface area contributed by atoms with E-state index in [0.717, 1.165) is 11.3 Å². The molecule has 1 aromatic rings. The van der Waals surface area contributed by atoms with Gasteiger partial charge in [0.25, 0.3) is 0 Å². The van der Waals surface area contributed by atoms with E-state index >= 15 is 0 Å². The fourth-order valence-electron chi connectivity index (χ4n) is 1.43. The lowest BCUT2D eigenvalue weighted by Crippen LogP contribution is -2.22. The lowest BCUT2D eigenvalue weighted by molar-refractivity contribution is -0.148. The van der Waals surface area contributed by atoms with Gasteiger partial charge in [-0.15, -0.1) is 0 Å². The van der Waals surface area contributed by atoms with Gasteiger partial charge in [0.1, 0.15) is 11.4 Å². The number of rotatable bonds is 4. The third-order valence-corrected chi connectivity index (χ3v) is 2.07. The van der Waals surface area contributed by atoms with Crippen LogP contribution in [0.1, 0.15) is 40.2 Å². The minimum Gasteiger partial charge on any atom is -0.491 e. The van der Waals surface area contributed by atoms with Gasteiger partial charge in [-0.3, -0.25) is 0 Å². The maximum atomic E-state index is 11.5. The normalized spacial score (nSPS) is 11.9. The van der Waals surface area contributed by atoms with Crippen molar-refractivity contribution in [1.29, 1.82) is 0 Å². The van der Waals surface area contributed by atoms with Crippen molar-refractivity contribution in [2.24, 2.45) is 0 Å². The summed E-state index contributed by atoms with van der Waals surface area (Å²) >= 11 is 0. The van der Waals surface area contributed by atoms with Crippen molar-refractivity contribution < 1.29 is 14.3 Å². The molecule has 0 heterocycles. The van der Waals surface area contributed by atoms with Crippen LogP contribution in [0.4, 0.5) is 0 Å². The first-order valence-corrected chi connectivity index (χ1v) is 6.44. The van der Waals surface area contributed by atoms with Gasteiger partial charge in [0, 0.05) is 6.08 Å². The number of carbonyl (C=O) groups excluding carboxylic acids is 1. The summed E-state index contributed by atoms with van der Waals surface area (Å²) in [6.45, 7) is 9.50. The van der Waals surface area contributed by atoms with Crippen molar-refractivity contribution in [3.05, 3.63) is 35.9 Å². The largest absolute Gasteiger partial charge is 0.491 e. The third-order valence-electron chi connectivity index (χ3n) is 2.07. The Morgan fingerprint density at radius 2 is 1.74 bits per heavy atom. The van der Waals surface area contributed by atoms with E-state index in [9.17, 15) is 4.79 Å². The average Bonchev–Trinajstić information content (AvgIpc) is 2.25. The molecule has 0 radical (unpaired) electrons.